The van der Waals surface area contributed by atoms with Crippen molar-refractivity contribution in [1.29, 1.82) is 0 Å². The summed E-state index contributed by atoms with van der Waals surface area (Å²) in [6, 6.07) is 9.16. The Labute approximate surface area is 125 Å². The number of amides is 1. The lowest BCUT2D eigenvalue weighted by Crippen LogP contribution is -2.26. The molecule has 0 radical (unpaired) electrons. The molecule has 0 fully saturated rings. The van der Waals surface area contributed by atoms with Crippen LogP contribution in [0.15, 0.2) is 42.5 Å². The smallest absolute Gasteiger partial charge is 0.311 e. The van der Waals surface area contributed by atoms with Crippen LogP contribution in [0.25, 0.3) is 0 Å². The summed E-state index contributed by atoms with van der Waals surface area (Å²) in [6.07, 6.45) is -4.81. The number of halogens is 4. The van der Waals surface area contributed by atoms with Crippen LogP contribution in [0.2, 0.25) is 0 Å². The molecule has 2 aromatic rings. The number of carbonyl (C=O) groups excluding carboxylic acids is 1. The lowest BCUT2D eigenvalue weighted by Gasteiger charge is -2.19. The van der Waals surface area contributed by atoms with Gasteiger partial charge in [0.1, 0.15) is 5.82 Å². The summed E-state index contributed by atoms with van der Waals surface area (Å²) < 4.78 is 51.5. The lowest BCUT2D eigenvalue weighted by molar-refractivity contribution is -0.139. The van der Waals surface area contributed by atoms with Gasteiger partial charge in [-0.05, 0) is 37.3 Å². The Morgan fingerprint density at radius 3 is 2.36 bits per heavy atom. The van der Waals surface area contributed by atoms with E-state index in [1.165, 1.54) is 7.05 Å². The Hall–Kier alpha value is -2.37. The maximum Gasteiger partial charge on any atom is 0.419 e. The Bertz CT molecular complexity index is 710. The van der Waals surface area contributed by atoms with Gasteiger partial charge in [-0.2, -0.15) is 13.2 Å². The molecular formula is C16H13F4NO. The highest BCUT2D eigenvalue weighted by Gasteiger charge is 2.34. The summed E-state index contributed by atoms with van der Waals surface area (Å²) >= 11 is 0. The molecule has 0 aliphatic carbocycles. The summed E-state index contributed by atoms with van der Waals surface area (Å²) in [4.78, 5) is 13.4. The van der Waals surface area contributed by atoms with Crippen molar-refractivity contribution in [2.75, 3.05) is 11.9 Å². The number of rotatable bonds is 2. The average Bonchev–Trinajstić information content (AvgIpc) is 2.45. The normalized spacial score (nSPS) is 11.4. The second kappa shape index (κ2) is 5.79. The van der Waals surface area contributed by atoms with E-state index in [-0.39, 0.29) is 5.69 Å². The number of hydrogen-bond donors (Lipinski definition) is 0. The molecule has 0 bridgehead atoms. The Kier molecular flexibility index (Phi) is 4.21. The van der Waals surface area contributed by atoms with E-state index in [0.717, 1.165) is 16.5 Å². The van der Waals surface area contributed by atoms with Gasteiger partial charge in [-0.3, -0.25) is 4.79 Å². The molecule has 0 N–H and O–H groups in total. The zero-order valence-corrected chi connectivity index (χ0v) is 11.9. The molecule has 0 unspecified atom stereocenters. The van der Waals surface area contributed by atoms with Crippen molar-refractivity contribution in [3.8, 4) is 0 Å². The molecule has 1 amide bonds. The van der Waals surface area contributed by atoms with E-state index in [1.54, 1.807) is 31.2 Å². The van der Waals surface area contributed by atoms with Crippen LogP contribution in [0, 0.1) is 12.7 Å². The first kappa shape index (κ1) is 16.0. The molecule has 116 valence electrons. The van der Waals surface area contributed by atoms with Gasteiger partial charge in [0.2, 0.25) is 0 Å². The maximum atomic E-state index is 13.3. The zero-order valence-electron chi connectivity index (χ0n) is 11.9. The van der Waals surface area contributed by atoms with Crippen LogP contribution in [0.4, 0.5) is 23.2 Å². The van der Waals surface area contributed by atoms with Crippen LogP contribution in [0.1, 0.15) is 21.5 Å². The van der Waals surface area contributed by atoms with Crippen LogP contribution >= 0.6 is 0 Å². The van der Waals surface area contributed by atoms with Gasteiger partial charge in [0.05, 0.1) is 5.56 Å². The highest BCUT2D eigenvalue weighted by Crippen LogP contribution is 2.33. The van der Waals surface area contributed by atoms with Gasteiger partial charge in [-0.1, -0.05) is 17.7 Å². The summed E-state index contributed by atoms with van der Waals surface area (Å²) in [6.45, 7) is 1.80. The number of nitrogens with zero attached hydrogens (tertiary/aromatic N) is 1. The number of aryl methyl sites for hydroxylation is 1. The molecule has 0 saturated heterocycles. The lowest BCUT2D eigenvalue weighted by atomic mass is 10.1. The highest BCUT2D eigenvalue weighted by atomic mass is 19.4. The first-order valence-electron chi connectivity index (χ1n) is 6.41. The minimum Gasteiger partial charge on any atom is -0.311 e. The van der Waals surface area contributed by atoms with Crippen molar-refractivity contribution in [1.82, 2.24) is 0 Å². The van der Waals surface area contributed by atoms with Crippen LogP contribution in [-0.4, -0.2) is 13.0 Å². The Morgan fingerprint density at radius 1 is 1.09 bits per heavy atom. The van der Waals surface area contributed by atoms with E-state index in [2.05, 4.69) is 0 Å². The quantitative estimate of drug-likeness (QED) is 0.751. The van der Waals surface area contributed by atoms with Gasteiger partial charge in [0.15, 0.2) is 0 Å². The van der Waals surface area contributed by atoms with Crippen molar-refractivity contribution in [2.24, 2.45) is 0 Å². The van der Waals surface area contributed by atoms with E-state index in [1.807, 2.05) is 0 Å². The topological polar surface area (TPSA) is 20.3 Å². The largest absolute Gasteiger partial charge is 0.419 e. The van der Waals surface area contributed by atoms with Crippen LogP contribution in [0.3, 0.4) is 0 Å². The molecular weight excluding hydrogens is 298 g/mol. The van der Waals surface area contributed by atoms with E-state index >= 15 is 0 Å². The van der Waals surface area contributed by atoms with Gasteiger partial charge in [-0.15, -0.1) is 0 Å². The van der Waals surface area contributed by atoms with Crippen molar-refractivity contribution in [2.45, 2.75) is 13.1 Å². The predicted molar refractivity (Wildman–Crippen MR) is 75.3 cm³/mol. The predicted octanol–water partition coefficient (Wildman–Crippen LogP) is 4.43. The second-order valence-electron chi connectivity index (χ2n) is 4.90. The van der Waals surface area contributed by atoms with Crippen molar-refractivity contribution in [3.63, 3.8) is 0 Å². The first-order valence-corrected chi connectivity index (χ1v) is 6.41. The molecule has 0 atom stereocenters. The van der Waals surface area contributed by atoms with Crippen molar-refractivity contribution >= 4 is 11.6 Å². The fourth-order valence-corrected chi connectivity index (χ4v) is 2.03. The van der Waals surface area contributed by atoms with Gasteiger partial charge in [0.25, 0.3) is 5.91 Å². The van der Waals surface area contributed by atoms with Gasteiger partial charge >= 0.3 is 6.18 Å². The molecule has 22 heavy (non-hydrogen) atoms. The third-order valence-corrected chi connectivity index (χ3v) is 3.21. The minimum atomic E-state index is -4.81. The molecule has 0 heterocycles. The maximum absolute atomic E-state index is 13.3. The van der Waals surface area contributed by atoms with Crippen LogP contribution in [0.5, 0.6) is 0 Å². The van der Waals surface area contributed by atoms with Crippen molar-refractivity contribution in [3.05, 3.63) is 65.0 Å². The Morgan fingerprint density at radius 2 is 1.77 bits per heavy atom. The second-order valence-corrected chi connectivity index (χ2v) is 4.90. The number of carbonyl (C=O) groups is 1. The number of alkyl halides is 3. The fourth-order valence-electron chi connectivity index (χ4n) is 2.03. The van der Waals surface area contributed by atoms with Gasteiger partial charge < -0.3 is 4.90 Å². The molecule has 0 aliphatic heterocycles. The minimum absolute atomic E-state index is 0.0276. The fraction of sp³-hybridized carbons (Fsp3) is 0.188. The first-order chi connectivity index (χ1) is 10.2. The molecule has 0 saturated carbocycles. The van der Waals surface area contributed by atoms with Crippen molar-refractivity contribution < 1.29 is 22.4 Å². The molecule has 0 aliphatic rings. The molecule has 0 aromatic heterocycles. The average molecular weight is 311 g/mol. The molecule has 2 nitrogen and oxygen atoms in total. The Balaban J connectivity index is 2.37. The summed E-state index contributed by atoms with van der Waals surface area (Å²) in [7, 11) is 1.35. The summed E-state index contributed by atoms with van der Waals surface area (Å²) in [5, 5.41) is 0. The number of hydrogen-bond acceptors (Lipinski definition) is 1. The molecule has 2 aromatic carbocycles. The molecule has 2 rings (SSSR count). The van der Waals surface area contributed by atoms with Gasteiger partial charge in [0, 0.05) is 18.3 Å². The SMILES string of the molecule is Cc1cccc(C(=O)N(C)c2ccc(F)c(C(F)(F)F)c2)c1. The summed E-state index contributed by atoms with van der Waals surface area (Å²) in [5.74, 6) is -1.84. The monoisotopic (exact) mass is 311 g/mol. The highest BCUT2D eigenvalue weighted by molar-refractivity contribution is 6.05. The van der Waals surface area contributed by atoms with E-state index in [9.17, 15) is 22.4 Å². The van der Waals surface area contributed by atoms with E-state index < -0.39 is 23.5 Å². The molecule has 6 heteroatoms. The zero-order chi connectivity index (χ0) is 16.5. The molecule has 0 spiro atoms. The van der Waals surface area contributed by atoms with Gasteiger partial charge in [-0.25, -0.2) is 4.39 Å². The third kappa shape index (κ3) is 3.27. The number of benzene rings is 2. The van der Waals surface area contributed by atoms with E-state index in [0.29, 0.717) is 17.7 Å². The van der Waals surface area contributed by atoms with E-state index in [4.69, 9.17) is 0 Å². The standard InChI is InChI=1S/C16H13F4NO/c1-10-4-3-5-11(8-10)15(22)21(2)12-6-7-14(17)13(9-12)16(18,19)20/h3-9H,1-2H3. The summed E-state index contributed by atoms with van der Waals surface area (Å²) in [5.41, 5.74) is -0.219. The van der Waals surface area contributed by atoms with Crippen LogP contribution < -0.4 is 4.90 Å². The van der Waals surface area contributed by atoms with Crippen LogP contribution in [-0.2, 0) is 6.18 Å². The number of anilines is 1. The third-order valence-electron chi connectivity index (χ3n) is 3.21.